The highest BCUT2D eigenvalue weighted by atomic mass is 16.2. The van der Waals surface area contributed by atoms with Crippen LogP contribution in [0.2, 0.25) is 0 Å². The van der Waals surface area contributed by atoms with Gasteiger partial charge in [0.15, 0.2) is 0 Å². The van der Waals surface area contributed by atoms with E-state index >= 15 is 0 Å². The molecule has 0 aliphatic carbocycles. The van der Waals surface area contributed by atoms with Crippen molar-refractivity contribution in [3.63, 3.8) is 0 Å². The Kier molecular flexibility index (Phi) is 2.92. The molecule has 0 fully saturated rings. The molecule has 0 saturated heterocycles. The average molecular weight is 217 g/mol. The van der Waals surface area contributed by atoms with E-state index in [0.29, 0.717) is 12.1 Å². The molecule has 0 saturated carbocycles. The van der Waals surface area contributed by atoms with Crippen LogP contribution in [0.25, 0.3) is 10.9 Å². The van der Waals surface area contributed by atoms with Crippen LogP contribution in [0.4, 0.5) is 0 Å². The maximum atomic E-state index is 11.3. The number of nitrogens with one attached hydrogen (secondary N) is 1. The Morgan fingerprint density at radius 1 is 1.44 bits per heavy atom. The van der Waals surface area contributed by atoms with Crippen molar-refractivity contribution in [2.24, 2.45) is 5.73 Å². The number of hydrogen-bond donors (Lipinski definition) is 3. The summed E-state index contributed by atoms with van der Waals surface area (Å²) in [5.74, 6) is -0.475. The molecule has 4 nitrogen and oxygen atoms in total. The van der Waals surface area contributed by atoms with Gasteiger partial charge in [-0.05, 0) is 24.5 Å². The molecule has 0 atom stereocenters. The Labute approximate surface area is 93.1 Å². The summed E-state index contributed by atoms with van der Waals surface area (Å²) in [4.78, 5) is 14.3. The maximum Gasteiger partial charge on any atom is 0.265 e. The molecule has 2 aromatic rings. The van der Waals surface area contributed by atoms with Gasteiger partial charge in [0.1, 0.15) is 5.69 Å². The molecule has 0 unspecified atom stereocenters. The van der Waals surface area contributed by atoms with E-state index in [1.807, 2.05) is 24.3 Å². The van der Waals surface area contributed by atoms with Crippen molar-refractivity contribution in [2.75, 3.05) is 6.61 Å². The number of rotatable bonds is 4. The lowest BCUT2D eigenvalue weighted by molar-refractivity contribution is 0.0995. The molecule has 1 radical (unpaired) electrons. The Bertz CT molecular complexity index is 517. The first-order chi connectivity index (χ1) is 7.74. The topological polar surface area (TPSA) is 79.1 Å². The number of carbonyl (C=O) groups is 1. The van der Waals surface area contributed by atoms with Crippen molar-refractivity contribution in [1.29, 1.82) is 0 Å². The van der Waals surface area contributed by atoms with Crippen LogP contribution in [0.15, 0.2) is 24.3 Å². The lowest BCUT2D eigenvalue weighted by atomic mass is 10.1. The summed E-state index contributed by atoms with van der Waals surface area (Å²) in [7, 11) is 0. The van der Waals surface area contributed by atoms with Gasteiger partial charge in [-0.2, -0.15) is 0 Å². The fraction of sp³-hybridized carbons (Fsp3) is 0.167. The summed E-state index contributed by atoms with van der Waals surface area (Å²) in [6.07, 6.45) is 2.22. The van der Waals surface area contributed by atoms with Gasteiger partial charge < -0.3 is 15.8 Å². The van der Waals surface area contributed by atoms with Crippen molar-refractivity contribution in [3.8, 4) is 0 Å². The summed E-state index contributed by atoms with van der Waals surface area (Å²) >= 11 is 0. The number of fused-ring (bicyclic) bond motifs is 1. The number of carbonyl (C=O) groups excluding carboxylic acids is 1. The van der Waals surface area contributed by atoms with Crippen LogP contribution < -0.4 is 5.73 Å². The fourth-order valence-electron chi connectivity index (χ4n) is 1.83. The van der Waals surface area contributed by atoms with Gasteiger partial charge in [0, 0.05) is 17.5 Å². The molecular weight excluding hydrogens is 204 g/mol. The van der Waals surface area contributed by atoms with E-state index < -0.39 is 5.91 Å². The highest BCUT2D eigenvalue weighted by Crippen LogP contribution is 2.23. The minimum atomic E-state index is -0.475. The van der Waals surface area contributed by atoms with Crippen molar-refractivity contribution in [1.82, 2.24) is 4.98 Å². The number of primary amides is 1. The SMILES string of the molecule is NC(=O)c1[nH]c2ccccc2c1C[CH]CO. The molecule has 0 aliphatic rings. The number of aliphatic hydroxyl groups excluding tert-OH is 1. The fourth-order valence-corrected chi connectivity index (χ4v) is 1.83. The molecule has 1 amide bonds. The van der Waals surface area contributed by atoms with Crippen LogP contribution in [0, 0.1) is 6.42 Å². The second-order valence-electron chi connectivity index (χ2n) is 3.56. The lowest BCUT2D eigenvalue weighted by Crippen LogP contribution is -2.13. The standard InChI is InChI=1S/C12H13N2O2/c13-12(16)11-9(5-3-7-15)8-4-1-2-6-10(8)14-11/h1-4,6,14-15H,5,7H2,(H2,13,16). The van der Waals surface area contributed by atoms with Gasteiger partial charge in [-0.3, -0.25) is 4.79 Å². The normalized spacial score (nSPS) is 10.8. The Balaban J connectivity index is 2.55. The first-order valence-corrected chi connectivity index (χ1v) is 5.06. The maximum absolute atomic E-state index is 11.3. The molecule has 1 aromatic carbocycles. The van der Waals surface area contributed by atoms with Crippen molar-refractivity contribution < 1.29 is 9.90 Å². The number of aromatic amines is 1. The molecule has 0 spiro atoms. The van der Waals surface area contributed by atoms with Gasteiger partial charge in [-0.25, -0.2) is 0 Å². The summed E-state index contributed by atoms with van der Waals surface area (Å²) in [6.45, 7) is -0.0162. The molecule has 1 aromatic heterocycles. The summed E-state index contributed by atoms with van der Waals surface area (Å²) in [6, 6.07) is 7.62. The molecule has 4 N–H and O–H groups in total. The van der Waals surface area contributed by atoms with Crippen LogP contribution in [0.5, 0.6) is 0 Å². The summed E-state index contributed by atoms with van der Waals surface area (Å²) < 4.78 is 0. The van der Waals surface area contributed by atoms with E-state index in [1.54, 1.807) is 6.42 Å². The van der Waals surface area contributed by atoms with Crippen molar-refractivity contribution in [2.45, 2.75) is 6.42 Å². The number of H-pyrrole nitrogens is 1. The van der Waals surface area contributed by atoms with E-state index in [9.17, 15) is 4.79 Å². The van der Waals surface area contributed by atoms with Crippen LogP contribution in [0.1, 0.15) is 16.1 Å². The van der Waals surface area contributed by atoms with Gasteiger partial charge in [0.2, 0.25) is 0 Å². The second kappa shape index (κ2) is 4.37. The molecule has 0 bridgehead atoms. The lowest BCUT2D eigenvalue weighted by Gasteiger charge is -1.99. The van der Waals surface area contributed by atoms with E-state index in [-0.39, 0.29) is 6.61 Å². The quantitative estimate of drug-likeness (QED) is 0.714. The number of benzene rings is 1. The number of aliphatic hydroxyl groups is 1. The first kappa shape index (κ1) is 10.7. The minimum Gasteiger partial charge on any atom is -0.396 e. The third-order valence-electron chi connectivity index (χ3n) is 2.54. The molecule has 2 rings (SSSR count). The van der Waals surface area contributed by atoms with Crippen LogP contribution in [0.3, 0.4) is 0 Å². The zero-order valence-electron chi connectivity index (χ0n) is 8.73. The van der Waals surface area contributed by atoms with Crippen molar-refractivity contribution >= 4 is 16.8 Å². The smallest absolute Gasteiger partial charge is 0.265 e. The number of nitrogens with two attached hydrogens (primary N) is 1. The zero-order chi connectivity index (χ0) is 11.5. The van der Waals surface area contributed by atoms with Gasteiger partial charge in [0.25, 0.3) is 5.91 Å². The first-order valence-electron chi connectivity index (χ1n) is 5.06. The average Bonchev–Trinajstić information content (AvgIpc) is 2.65. The molecular formula is C12H13N2O2. The number of amides is 1. The summed E-state index contributed by atoms with van der Waals surface area (Å²) in [5.41, 5.74) is 7.46. The molecule has 83 valence electrons. The van der Waals surface area contributed by atoms with Crippen LogP contribution >= 0.6 is 0 Å². The van der Waals surface area contributed by atoms with E-state index in [4.69, 9.17) is 10.8 Å². The molecule has 4 heteroatoms. The third-order valence-corrected chi connectivity index (χ3v) is 2.54. The van der Waals surface area contributed by atoms with Crippen LogP contribution in [-0.4, -0.2) is 22.6 Å². The van der Waals surface area contributed by atoms with Gasteiger partial charge >= 0.3 is 0 Å². The minimum absolute atomic E-state index is 0.0162. The van der Waals surface area contributed by atoms with E-state index in [2.05, 4.69) is 4.98 Å². The molecule has 16 heavy (non-hydrogen) atoms. The monoisotopic (exact) mass is 217 g/mol. The summed E-state index contributed by atoms with van der Waals surface area (Å²) in [5, 5.41) is 9.76. The van der Waals surface area contributed by atoms with Gasteiger partial charge in [0.05, 0.1) is 0 Å². The number of para-hydroxylation sites is 1. The molecule has 0 aliphatic heterocycles. The Morgan fingerprint density at radius 3 is 2.88 bits per heavy atom. The van der Waals surface area contributed by atoms with E-state index in [0.717, 1.165) is 16.5 Å². The zero-order valence-corrected chi connectivity index (χ0v) is 8.73. The van der Waals surface area contributed by atoms with E-state index in [1.165, 1.54) is 0 Å². The highest BCUT2D eigenvalue weighted by molar-refractivity contribution is 6.00. The number of hydrogen-bond acceptors (Lipinski definition) is 2. The Morgan fingerprint density at radius 2 is 2.19 bits per heavy atom. The number of aromatic nitrogens is 1. The second-order valence-corrected chi connectivity index (χ2v) is 3.56. The van der Waals surface area contributed by atoms with Gasteiger partial charge in [-0.15, -0.1) is 0 Å². The third kappa shape index (κ3) is 1.79. The van der Waals surface area contributed by atoms with Gasteiger partial charge in [-0.1, -0.05) is 18.2 Å². The van der Waals surface area contributed by atoms with Crippen LogP contribution in [-0.2, 0) is 6.42 Å². The van der Waals surface area contributed by atoms with Crippen molar-refractivity contribution in [3.05, 3.63) is 41.9 Å². The predicted octanol–water partition coefficient (Wildman–Crippen LogP) is 1.01. The predicted molar refractivity (Wildman–Crippen MR) is 61.9 cm³/mol. The largest absolute Gasteiger partial charge is 0.396 e. The molecule has 1 heterocycles. The highest BCUT2D eigenvalue weighted by Gasteiger charge is 2.14. The Hall–Kier alpha value is -1.81.